The first-order valence-electron chi connectivity index (χ1n) is 7.14. The average molecular weight is 526 g/mol. The number of hydrogen-bond acceptors (Lipinski definition) is 13. The topological polar surface area (TPSA) is 276 Å². The Balaban J connectivity index is 0.00000450. The van der Waals surface area contributed by atoms with Crippen molar-refractivity contribution in [3.63, 3.8) is 0 Å². The number of aromatic nitrogens is 2. The fourth-order valence-corrected chi connectivity index (χ4v) is 5.09. The summed E-state index contributed by atoms with van der Waals surface area (Å²) in [6.45, 7) is -1.19. The van der Waals surface area contributed by atoms with Gasteiger partial charge in [0.1, 0.15) is 6.23 Å². The van der Waals surface area contributed by atoms with Gasteiger partial charge >= 0.3 is 72.6 Å². The van der Waals surface area contributed by atoms with E-state index < -0.39 is 65.9 Å². The summed E-state index contributed by atoms with van der Waals surface area (Å²) in [6.07, 6.45) is -6.95. The van der Waals surface area contributed by atoms with Crippen LogP contribution in [0.2, 0.25) is 0 Å². The molecule has 0 saturated carbocycles. The molecule has 7 atom stereocenters. The second-order valence-electron chi connectivity index (χ2n) is 5.36. The number of aromatic amines is 1. The number of phosphoric ester groups is 1. The summed E-state index contributed by atoms with van der Waals surface area (Å²) in [5.74, 6) is 0. The Kier molecular flexibility index (Phi) is 12.5. The molecular weight excluding hydrogens is 515 g/mol. The van der Waals surface area contributed by atoms with E-state index in [0.717, 1.165) is 12.3 Å². The first kappa shape index (κ1) is 32.0. The summed E-state index contributed by atoms with van der Waals surface area (Å²) in [5, 5.41) is 24.0. The Labute approximate surface area is 216 Å². The average Bonchev–Trinajstić information content (AvgIpc) is 2.78. The van der Waals surface area contributed by atoms with Crippen LogP contribution in [-0.4, -0.2) is 44.3 Å². The second-order valence-corrected chi connectivity index (χ2v) is 9.69. The van der Waals surface area contributed by atoms with Crippen LogP contribution >= 0.6 is 23.5 Å². The molecule has 1 saturated heterocycles. The van der Waals surface area contributed by atoms with Gasteiger partial charge in [0.15, 0.2) is 0 Å². The molecule has 1 aromatic heterocycles. The molecule has 22 heteroatoms. The van der Waals surface area contributed by atoms with Crippen LogP contribution < -0.4 is 90.4 Å². The zero-order valence-electron chi connectivity index (χ0n) is 15.7. The maximum absolute atomic E-state index is 12.0. The van der Waals surface area contributed by atoms with Gasteiger partial charge in [-0.1, -0.05) is 6.10 Å². The summed E-state index contributed by atoms with van der Waals surface area (Å²) < 4.78 is 49.3. The van der Waals surface area contributed by atoms with Crippen molar-refractivity contribution in [1.29, 1.82) is 0 Å². The van der Waals surface area contributed by atoms with Gasteiger partial charge in [-0.05, 0) is 0 Å². The molecule has 2 rings (SSSR count). The van der Waals surface area contributed by atoms with E-state index in [9.17, 15) is 48.2 Å². The second kappa shape index (κ2) is 12.1. The van der Waals surface area contributed by atoms with Crippen LogP contribution in [0.5, 0.6) is 0 Å². The third kappa shape index (κ3) is 9.62. The minimum Gasteiger partial charge on any atom is -0.851 e. The number of nitrogens with zero attached hydrogens (tertiary/aromatic N) is 1. The van der Waals surface area contributed by atoms with Crippen LogP contribution in [0.15, 0.2) is 21.9 Å². The van der Waals surface area contributed by atoms with Crippen molar-refractivity contribution in [2.45, 2.75) is 24.5 Å². The van der Waals surface area contributed by atoms with Crippen molar-refractivity contribution in [3.05, 3.63) is 33.1 Å². The van der Waals surface area contributed by atoms with E-state index in [1.807, 2.05) is 4.98 Å². The molecule has 31 heavy (non-hydrogen) atoms. The number of rotatable bonds is 8. The smallest absolute Gasteiger partial charge is 0.851 e. The van der Waals surface area contributed by atoms with Gasteiger partial charge in [-0.25, -0.2) is 18.0 Å². The molecule has 0 radical (unpaired) electrons. The maximum Gasteiger partial charge on any atom is 1.00 e. The van der Waals surface area contributed by atoms with E-state index in [1.54, 1.807) is 0 Å². The Morgan fingerprint density at radius 2 is 1.68 bits per heavy atom. The van der Waals surface area contributed by atoms with Crippen molar-refractivity contribution in [1.82, 2.24) is 9.55 Å². The molecule has 0 spiro atoms. The van der Waals surface area contributed by atoms with E-state index in [0.29, 0.717) is 4.57 Å². The summed E-state index contributed by atoms with van der Waals surface area (Å²) in [5.41, 5.74) is -1.87. The van der Waals surface area contributed by atoms with Gasteiger partial charge in [0.2, 0.25) is 0 Å². The molecular formula is C9H11N2Na2O15P3-2. The molecule has 0 aromatic carbocycles. The molecule has 1 aliphatic heterocycles. The van der Waals surface area contributed by atoms with Gasteiger partial charge in [-0.3, -0.25) is 28.0 Å². The van der Waals surface area contributed by atoms with Crippen LogP contribution in [0.3, 0.4) is 0 Å². The minimum atomic E-state index is -6.07. The molecule has 0 bridgehead atoms. The van der Waals surface area contributed by atoms with Crippen LogP contribution in [0.1, 0.15) is 6.23 Å². The molecule has 1 aromatic rings. The maximum atomic E-state index is 12.0. The molecule has 17 nitrogen and oxygen atoms in total. The third-order valence-corrected chi connectivity index (χ3v) is 6.95. The number of H-pyrrole nitrogens is 1. The normalized spacial score (nSPS) is 29.0. The number of hydrogen-bond donors (Lipinski definition) is 3. The van der Waals surface area contributed by atoms with E-state index in [2.05, 4.69) is 13.1 Å². The van der Waals surface area contributed by atoms with E-state index >= 15 is 0 Å². The first-order valence-corrected chi connectivity index (χ1v) is 11.6. The molecule has 166 valence electrons. The largest absolute Gasteiger partial charge is 1.00 e. The predicted octanol–water partition coefficient (Wildman–Crippen LogP) is -11.0. The molecule has 3 N–H and O–H groups in total. The summed E-state index contributed by atoms with van der Waals surface area (Å²) in [4.78, 5) is 63.5. The summed E-state index contributed by atoms with van der Waals surface area (Å²) >= 11 is 0. The van der Waals surface area contributed by atoms with Crippen molar-refractivity contribution in [3.8, 4) is 0 Å². The van der Waals surface area contributed by atoms with Gasteiger partial charge in [0, 0.05) is 12.3 Å². The van der Waals surface area contributed by atoms with Crippen LogP contribution in [0, 0.1) is 0 Å². The monoisotopic (exact) mass is 526 g/mol. The SMILES string of the molecule is O=c1ccn([C@@H]2O[C@H](COP(=O)(O)OP(=O)([O-])OP(=O)([O-])O)[C@@H]([O-])[C@H]2[O-])c(=O)[nH]1.[Na+].[Na+]. The van der Waals surface area contributed by atoms with E-state index in [4.69, 9.17) is 9.63 Å². The van der Waals surface area contributed by atoms with E-state index in [1.165, 1.54) is 0 Å². The zero-order valence-corrected chi connectivity index (χ0v) is 22.3. The van der Waals surface area contributed by atoms with Crippen molar-refractivity contribution in [2.24, 2.45) is 0 Å². The molecule has 0 amide bonds. The Hall–Kier alpha value is 0.970. The van der Waals surface area contributed by atoms with Gasteiger partial charge in [-0.15, -0.1) is 6.10 Å². The first-order chi connectivity index (χ1) is 13.1. The number of phosphoric acid groups is 3. The van der Waals surface area contributed by atoms with Gasteiger partial charge in [0.25, 0.3) is 21.2 Å². The number of nitrogens with one attached hydrogen (secondary N) is 1. The van der Waals surface area contributed by atoms with Crippen LogP contribution in [-0.2, 0) is 31.6 Å². The zero-order chi connectivity index (χ0) is 22.2. The summed E-state index contributed by atoms with van der Waals surface area (Å²) in [6, 6.07) is 0.860. The molecule has 0 aliphatic carbocycles. The van der Waals surface area contributed by atoms with Crippen molar-refractivity contribution >= 4 is 23.5 Å². The Bertz CT molecular complexity index is 1010. The molecule has 1 aliphatic rings. The fourth-order valence-electron chi connectivity index (χ4n) is 2.15. The minimum absolute atomic E-state index is 0. The molecule has 1 fully saturated rings. The van der Waals surface area contributed by atoms with Gasteiger partial charge < -0.3 is 34.5 Å². The predicted molar refractivity (Wildman–Crippen MR) is 78.2 cm³/mol. The molecule has 3 unspecified atom stereocenters. The Morgan fingerprint density at radius 1 is 1.10 bits per heavy atom. The van der Waals surface area contributed by atoms with Gasteiger partial charge in [-0.2, -0.15) is 0 Å². The van der Waals surface area contributed by atoms with Crippen LogP contribution in [0.25, 0.3) is 0 Å². The van der Waals surface area contributed by atoms with Crippen molar-refractivity contribution in [2.75, 3.05) is 6.61 Å². The van der Waals surface area contributed by atoms with Gasteiger partial charge in [0.05, 0.1) is 12.7 Å². The standard InChI is InChI=1S/C9H13N2O15P3.2Na/c12-5-1-2-11(9(15)10-5)8-7(14)6(13)4(24-8)3-23-28(19,20)26-29(21,22)25-27(16,17)18;;/h1-2,4,6-8H,3H2,(H,19,20)(H,21,22)(H,10,12,15)(H2,16,17,18);;/q-2;2*+1/p-2/t4-,6-,7-,8-;;/m1../s1. The number of ether oxygens (including phenoxy) is 1. The quantitative estimate of drug-likeness (QED) is 0.209. The molecule has 2 heterocycles. The third-order valence-electron chi connectivity index (χ3n) is 3.22. The van der Waals surface area contributed by atoms with Crippen LogP contribution in [0.4, 0.5) is 0 Å². The summed E-state index contributed by atoms with van der Waals surface area (Å²) in [7, 11) is -17.6. The Morgan fingerprint density at radius 3 is 2.19 bits per heavy atom. The van der Waals surface area contributed by atoms with E-state index in [-0.39, 0.29) is 59.1 Å². The van der Waals surface area contributed by atoms with Crippen molar-refractivity contribution < 1.29 is 120 Å². The fraction of sp³-hybridized carbons (Fsp3) is 0.556.